The van der Waals surface area contributed by atoms with Crippen molar-refractivity contribution in [2.75, 3.05) is 19.6 Å². The molecule has 0 amide bonds. The average Bonchev–Trinajstić information content (AvgIpc) is 3.10. The van der Waals surface area contributed by atoms with Crippen molar-refractivity contribution in [1.29, 1.82) is 5.26 Å². The zero-order valence-electron chi connectivity index (χ0n) is 13.6. The van der Waals surface area contributed by atoms with Gasteiger partial charge in [-0.2, -0.15) is 5.26 Å². The first-order valence-corrected chi connectivity index (χ1v) is 9.19. The van der Waals surface area contributed by atoms with Crippen LogP contribution in [0.25, 0.3) is 0 Å². The molecule has 3 rings (SSSR count). The molecule has 1 heterocycles. The average molecular weight is 289 g/mol. The van der Waals surface area contributed by atoms with E-state index in [9.17, 15) is 5.26 Å². The van der Waals surface area contributed by atoms with Crippen molar-refractivity contribution in [3.8, 4) is 6.07 Å². The molecule has 1 aliphatic heterocycles. The lowest BCUT2D eigenvalue weighted by molar-refractivity contribution is 0.164. The maximum absolute atomic E-state index is 9.67. The number of fused-ring (bicyclic) bond motifs is 1. The molecule has 0 aromatic rings. The van der Waals surface area contributed by atoms with Crippen molar-refractivity contribution in [2.24, 2.45) is 11.8 Å². The van der Waals surface area contributed by atoms with Crippen molar-refractivity contribution in [3.63, 3.8) is 0 Å². The van der Waals surface area contributed by atoms with Crippen LogP contribution < -0.4 is 5.32 Å². The Labute approximate surface area is 130 Å². The van der Waals surface area contributed by atoms with Gasteiger partial charge in [0.2, 0.25) is 0 Å². The standard InChI is InChI=1S/C18H31N3/c1-2-20-18(14-19)11-5-7-16(18)10-13-21-12-9-15-6-3-4-8-17(15)21/h15-17,20H,2-13H2,1H3. The Bertz CT molecular complexity index is 388. The summed E-state index contributed by atoms with van der Waals surface area (Å²) in [7, 11) is 0. The first kappa shape index (κ1) is 15.3. The molecule has 0 radical (unpaired) electrons. The van der Waals surface area contributed by atoms with Crippen LogP contribution in [0, 0.1) is 23.2 Å². The van der Waals surface area contributed by atoms with E-state index < -0.39 is 0 Å². The zero-order valence-corrected chi connectivity index (χ0v) is 13.6. The molecule has 4 unspecified atom stereocenters. The van der Waals surface area contributed by atoms with Crippen LogP contribution in [-0.4, -0.2) is 36.1 Å². The molecule has 4 atom stereocenters. The van der Waals surface area contributed by atoms with Crippen LogP contribution in [0.4, 0.5) is 0 Å². The lowest BCUT2D eigenvalue weighted by atomic mass is 9.84. The van der Waals surface area contributed by atoms with E-state index in [1.807, 2.05) is 0 Å². The summed E-state index contributed by atoms with van der Waals surface area (Å²) in [5, 5.41) is 13.2. The Balaban J connectivity index is 1.56. The summed E-state index contributed by atoms with van der Waals surface area (Å²) in [6.07, 6.45) is 11.9. The van der Waals surface area contributed by atoms with Gasteiger partial charge in [0.25, 0.3) is 0 Å². The number of likely N-dealkylation sites (tertiary alicyclic amines) is 1. The van der Waals surface area contributed by atoms with Crippen molar-refractivity contribution in [2.45, 2.75) is 76.3 Å². The van der Waals surface area contributed by atoms with Crippen LogP contribution in [0.1, 0.15) is 64.7 Å². The third-order valence-corrected chi connectivity index (χ3v) is 6.40. The van der Waals surface area contributed by atoms with Gasteiger partial charge in [-0.3, -0.25) is 5.32 Å². The quantitative estimate of drug-likeness (QED) is 0.844. The number of nitrogens with zero attached hydrogens (tertiary/aromatic N) is 2. The maximum Gasteiger partial charge on any atom is 0.109 e. The van der Waals surface area contributed by atoms with Gasteiger partial charge in [0, 0.05) is 6.04 Å². The molecule has 0 spiro atoms. The number of rotatable bonds is 5. The topological polar surface area (TPSA) is 39.1 Å². The van der Waals surface area contributed by atoms with Gasteiger partial charge in [0.1, 0.15) is 5.54 Å². The van der Waals surface area contributed by atoms with Gasteiger partial charge in [-0.05, 0) is 70.0 Å². The van der Waals surface area contributed by atoms with Crippen molar-refractivity contribution in [3.05, 3.63) is 0 Å². The van der Waals surface area contributed by atoms with Crippen LogP contribution in [0.15, 0.2) is 0 Å². The highest BCUT2D eigenvalue weighted by atomic mass is 15.2. The second kappa shape index (κ2) is 6.67. The largest absolute Gasteiger partial charge is 0.300 e. The first-order chi connectivity index (χ1) is 10.3. The zero-order chi connectivity index (χ0) is 14.7. The molecule has 21 heavy (non-hydrogen) atoms. The Kier molecular flexibility index (Phi) is 4.86. The van der Waals surface area contributed by atoms with E-state index in [0.29, 0.717) is 5.92 Å². The van der Waals surface area contributed by atoms with E-state index >= 15 is 0 Å². The summed E-state index contributed by atoms with van der Waals surface area (Å²) in [5.74, 6) is 1.54. The Morgan fingerprint density at radius 2 is 2.05 bits per heavy atom. The lowest BCUT2D eigenvalue weighted by Gasteiger charge is -2.34. The molecule has 2 saturated carbocycles. The maximum atomic E-state index is 9.67. The molecule has 0 aromatic heterocycles. The van der Waals surface area contributed by atoms with Crippen LogP contribution in [0.3, 0.4) is 0 Å². The second-order valence-electron chi connectivity index (χ2n) is 7.43. The normalized spacial score (nSPS) is 40.1. The van der Waals surface area contributed by atoms with Crippen molar-refractivity contribution < 1.29 is 0 Å². The van der Waals surface area contributed by atoms with E-state index in [0.717, 1.165) is 24.9 Å². The summed E-state index contributed by atoms with van der Waals surface area (Å²) in [5.41, 5.74) is -0.222. The highest BCUT2D eigenvalue weighted by Crippen LogP contribution is 2.40. The Hall–Kier alpha value is -0.590. The highest BCUT2D eigenvalue weighted by molar-refractivity contribution is 5.14. The van der Waals surface area contributed by atoms with Gasteiger partial charge in [0.15, 0.2) is 0 Å². The Morgan fingerprint density at radius 1 is 1.19 bits per heavy atom. The molecule has 0 bridgehead atoms. The predicted molar refractivity (Wildman–Crippen MR) is 85.9 cm³/mol. The lowest BCUT2D eigenvalue weighted by Crippen LogP contribution is -2.48. The molecular weight excluding hydrogens is 258 g/mol. The van der Waals surface area contributed by atoms with Gasteiger partial charge in [-0.15, -0.1) is 0 Å². The minimum atomic E-state index is -0.222. The molecule has 1 N–H and O–H groups in total. The summed E-state index contributed by atoms with van der Waals surface area (Å²) in [6.45, 7) is 5.57. The van der Waals surface area contributed by atoms with Crippen LogP contribution in [0.5, 0.6) is 0 Å². The van der Waals surface area contributed by atoms with Crippen LogP contribution >= 0.6 is 0 Å². The van der Waals surface area contributed by atoms with Gasteiger partial charge < -0.3 is 4.90 Å². The Morgan fingerprint density at radius 3 is 2.86 bits per heavy atom. The fraction of sp³-hybridized carbons (Fsp3) is 0.944. The van der Waals surface area contributed by atoms with E-state index in [2.05, 4.69) is 23.2 Å². The molecule has 3 nitrogen and oxygen atoms in total. The molecule has 2 aliphatic carbocycles. The van der Waals surface area contributed by atoms with Crippen LogP contribution in [0.2, 0.25) is 0 Å². The second-order valence-corrected chi connectivity index (χ2v) is 7.43. The third kappa shape index (κ3) is 2.98. The monoisotopic (exact) mass is 289 g/mol. The number of nitriles is 1. The van der Waals surface area contributed by atoms with Gasteiger partial charge in [-0.1, -0.05) is 26.2 Å². The number of hydrogen-bond acceptors (Lipinski definition) is 3. The fourth-order valence-corrected chi connectivity index (χ4v) is 5.31. The summed E-state index contributed by atoms with van der Waals surface area (Å²) in [6, 6.07) is 3.50. The molecule has 3 heteroatoms. The predicted octanol–water partition coefficient (Wildman–Crippen LogP) is 3.31. The SMILES string of the molecule is CCNC1(C#N)CCCC1CCN1CCC2CCCCC21. The summed E-state index contributed by atoms with van der Waals surface area (Å²) in [4.78, 5) is 2.76. The van der Waals surface area contributed by atoms with E-state index in [1.54, 1.807) is 0 Å². The minimum Gasteiger partial charge on any atom is -0.300 e. The van der Waals surface area contributed by atoms with Crippen LogP contribution in [-0.2, 0) is 0 Å². The molecule has 1 saturated heterocycles. The molecule has 0 aromatic carbocycles. The number of hydrogen-bond donors (Lipinski definition) is 1. The van der Waals surface area contributed by atoms with Crippen molar-refractivity contribution in [1.82, 2.24) is 10.2 Å². The third-order valence-electron chi connectivity index (χ3n) is 6.40. The summed E-state index contributed by atoms with van der Waals surface area (Å²) < 4.78 is 0. The summed E-state index contributed by atoms with van der Waals surface area (Å²) >= 11 is 0. The van der Waals surface area contributed by atoms with E-state index in [1.165, 1.54) is 64.5 Å². The van der Waals surface area contributed by atoms with Gasteiger partial charge in [0.05, 0.1) is 6.07 Å². The number of nitrogens with one attached hydrogen (secondary N) is 1. The minimum absolute atomic E-state index is 0.222. The molecule has 118 valence electrons. The molecule has 3 aliphatic rings. The fourth-order valence-electron chi connectivity index (χ4n) is 5.31. The van der Waals surface area contributed by atoms with Crippen molar-refractivity contribution >= 4 is 0 Å². The molecule has 3 fully saturated rings. The van der Waals surface area contributed by atoms with E-state index in [4.69, 9.17) is 0 Å². The smallest absolute Gasteiger partial charge is 0.109 e. The highest BCUT2D eigenvalue weighted by Gasteiger charge is 2.43. The molecular formula is C18H31N3. The van der Waals surface area contributed by atoms with Gasteiger partial charge in [-0.25, -0.2) is 0 Å². The van der Waals surface area contributed by atoms with E-state index in [-0.39, 0.29) is 5.54 Å². The van der Waals surface area contributed by atoms with Gasteiger partial charge >= 0.3 is 0 Å². The first-order valence-electron chi connectivity index (χ1n) is 9.19.